The van der Waals surface area contributed by atoms with Crippen molar-refractivity contribution in [3.05, 3.63) is 92.1 Å². The third-order valence-electron chi connectivity index (χ3n) is 3.88. The molecule has 0 aliphatic carbocycles. The first-order valence-corrected chi connectivity index (χ1v) is 15.3. The highest BCUT2D eigenvalue weighted by molar-refractivity contribution is 8.01. The van der Waals surface area contributed by atoms with Crippen LogP contribution in [0.3, 0.4) is 0 Å². The second-order valence-electron chi connectivity index (χ2n) is 6.61. The monoisotopic (exact) mass is 613 g/mol. The Kier molecular flexibility index (Phi) is 18.5. The van der Waals surface area contributed by atoms with Gasteiger partial charge in [-0.3, -0.25) is 19.9 Å². The molecule has 11 heteroatoms. The fourth-order valence-electron chi connectivity index (χ4n) is 2.44. The zero-order chi connectivity index (χ0) is 29.3. The topological polar surface area (TPSA) is 85.1 Å². The smallest absolute Gasteiger partial charge is 0.294 e. The molecule has 0 radical (unpaired) electrons. The first-order valence-electron chi connectivity index (χ1n) is 11.6. The normalized spacial score (nSPS) is 9.71. The van der Waals surface area contributed by atoms with Crippen LogP contribution in [0.1, 0.15) is 51.2 Å². The van der Waals surface area contributed by atoms with Crippen molar-refractivity contribution in [2.75, 3.05) is 11.6 Å². The van der Waals surface area contributed by atoms with Crippen molar-refractivity contribution < 1.29 is 9.72 Å². The van der Waals surface area contributed by atoms with Crippen LogP contribution >= 0.6 is 58.1 Å². The number of aromatic nitrogens is 1. The maximum atomic E-state index is 12.6. The number of halogens is 2. The molecule has 206 valence electrons. The second kappa shape index (κ2) is 19.7. The van der Waals surface area contributed by atoms with Crippen molar-refractivity contribution in [1.29, 1.82) is 0 Å². The molecule has 0 saturated heterocycles. The number of nitrogens with one attached hydrogen (secondary N) is 1. The van der Waals surface area contributed by atoms with Crippen LogP contribution in [0.15, 0.2) is 81.0 Å². The fourth-order valence-corrected chi connectivity index (χ4v) is 5.66. The average Bonchev–Trinajstić information content (AvgIpc) is 3.34. The van der Waals surface area contributed by atoms with Crippen LogP contribution in [0.2, 0.25) is 10.0 Å². The van der Waals surface area contributed by atoms with Crippen molar-refractivity contribution in [1.82, 2.24) is 4.98 Å². The lowest BCUT2D eigenvalue weighted by molar-refractivity contribution is -0.387. The van der Waals surface area contributed by atoms with E-state index >= 15 is 0 Å². The average molecular weight is 615 g/mol. The molecule has 1 amide bonds. The Bertz CT molecular complexity index is 1210. The molecule has 38 heavy (non-hydrogen) atoms. The molecule has 2 aromatic heterocycles. The van der Waals surface area contributed by atoms with Gasteiger partial charge in [-0.25, -0.2) is 0 Å². The molecular formula is C27H33Cl2N3O3S3. The summed E-state index contributed by atoms with van der Waals surface area (Å²) in [5, 5.41) is 14.8. The number of amides is 1. The van der Waals surface area contributed by atoms with E-state index in [0.717, 1.165) is 33.6 Å². The van der Waals surface area contributed by atoms with Crippen LogP contribution in [0.5, 0.6) is 0 Å². The summed E-state index contributed by atoms with van der Waals surface area (Å²) >= 11 is 15.8. The molecule has 0 aliphatic rings. The van der Waals surface area contributed by atoms with Gasteiger partial charge in [-0.05, 0) is 38.3 Å². The summed E-state index contributed by atoms with van der Waals surface area (Å²) < 4.78 is 0.308. The Labute approximate surface area is 248 Å². The Morgan fingerprint density at radius 3 is 2.24 bits per heavy atom. The first kappa shape index (κ1) is 35.7. The van der Waals surface area contributed by atoms with Gasteiger partial charge in [0.05, 0.1) is 19.9 Å². The number of nitro groups is 1. The molecule has 0 spiro atoms. The number of hydrogen-bond acceptors (Lipinski definition) is 7. The Morgan fingerprint density at radius 1 is 1.16 bits per heavy atom. The molecule has 0 bridgehead atoms. The quantitative estimate of drug-likeness (QED) is 0.123. The summed E-state index contributed by atoms with van der Waals surface area (Å²) in [5.41, 5.74) is 1.54. The van der Waals surface area contributed by atoms with E-state index in [1.54, 1.807) is 17.8 Å². The van der Waals surface area contributed by atoms with Crippen molar-refractivity contribution in [3.63, 3.8) is 0 Å². The van der Waals surface area contributed by atoms with E-state index in [4.69, 9.17) is 23.2 Å². The molecule has 3 aromatic rings. The molecule has 3 rings (SSSR count). The minimum atomic E-state index is -0.535. The van der Waals surface area contributed by atoms with Crippen molar-refractivity contribution in [2.45, 2.75) is 55.5 Å². The van der Waals surface area contributed by atoms with Crippen LogP contribution < -0.4 is 5.32 Å². The first-order chi connectivity index (χ1) is 18.2. The molecule has 2 heterocycles. The van der Waals surface area contributed by atoms with Gasteiger partial charge >= 0.3 is 0 Å². The number of rotatable bonds is 7. The van der Waals surface area contributed by atoms with Crippen molar-refractivity contribution in [2.24, 2.45) is 0 Å². The highest BCUT2D eigenvalue weighted by Crippen LogP contribution is 2.45. The molecule has 0 atom stereocenters. The SMILES string of the molecule is C=C(C)/C=C\C.CC.CC.CSc1cccc(NC(=O)c2cc([N+](=O)[O-])c(Sc3c(Cl)cncc3Cl)s2)c1. The van der Waals surface area contributed by atoms with Gasteiger partial charge < -0.3 is 5.32 Å². The van der Waals surface area contributed by atoms with E-state index in [9.17, 15) is 14.9 Å². The number of thioether (sulfide) groups is 1. The van der Waals surface area contributed by atoms with E-state index < -0.39 is 10.8 Å². The molecule has 6 nitrogen and oxygen atoms in total. The molecule has 1 N–H and O–H groups in total. The van der Waals surface area contributed by atoms with Gasteiger partial charge in [0.1, 0.15) is 9.09 Å². The number of allylic oxidation sites excluding steroid dienone is 3. The summed E-state index contributed by atoms with van der Waals surface area (Å²) in [4.78, 5) is 29.0. The lowest BCUT2D eigenvalue weighted by Gasteiger charge is -2.05. The van der Waals surface area contributed by atoms with E-state index in [1.165, 1.54) is 18.5 Å². The Morgan fingerprint density at radius 2 is 1.76 bits per heavy atom. The summed E-state index contributed by atoms with van der Waals surface area (Å²) in [6, 6.07) is 8.59. The van der Waals surface area contributed by atoms with Gasteiger partial charge in [0.2, 0.25) is 0 Å². The third-order valence-corrected chi connectivity index (χ3v) is 7.86. The zero-order valence-corrected chi connectivity index (χ0v) is 26.5. The minimum Gasteiger partial charge on any atom is -0.321 e. The van der Waals surface area contributed by atoms with E-state index in [2.05, 4.69) is 16.9 Å². The molecule has 0 unspecified atom stereocenters. The molecule has 0 aliphatic heterocycles. The summed E-state index contributed by atoms with van der Waals surface area (Å²) in [6.45, 7) is 15.6. The number of nitrogens with zero attached hydrogens (tertiary/aromatic N) is 2. The summed E-state index contributed by atoms with van der Waals surface area (Å²) in [6.07, 6.45) is 8.69. The van der Waals surface area contributed by atoms with Crippen LogP contribution in [0, 0.1) is 10.1 Å². The number of hydrogen-bond donors (Lipinski definition) is 1. The van der Waals surface area contributed by atoms with E-state index in [1.807, 2.05) is 78.1 Å². The van der Waals surface area contributed by atoms with Gasteiger partial charge in [0.15, 0.2) is 0 Å². The zero-order valence-electron chi connectivity index (χ0n) is 22.5. The minimum absolute atomic E-state index is 0.179. The maximum Gasteiger partial charge on any atom is 0.294 e. The molecule has 0 saturated carbocycles. The fraction of sp³-hybridized carbons (Fsp3) is 0.259. The molecule has 0 fully saturated rings. The van der Waals surface area contributed by atoms with E-state index in [-0.39, 0.29) is 20.6 Å². The predicted octanol–water partition coefficient (Wildman–Crippen LogP) is 10.7. The van der Waals surface area contributed by atoms with Crippen molar-refractivity contribution in [3.8, 4) is 0 Å². The van der Waals surface area contributed by atoms with Crippen LogP contribution in [0.4, 0.5) is 11.4 Å². The highest BCUT2D eigenvalue weighted by atomic mass is 35.5. The van der Waals surface area contributed by atoms with Gasteiger partial charge in [-0.1, -0.05) is 93.0 Å². The number of thiophene rings is 1. The van der Waals surface area contributed by atoms with Gasteiger partial charge in [-0.2, -0.15) is 0 Å². The number of anilines is 1. The summed E-state index contributed by atoms with van der Waals surface area (Å²) in [7, 11) is 0. The standard InChI is InChI=1S/C17H11Cl2N3O3S3.C6H10.2C2H6/c1-26-10-4-2-3-9(5-10)21-16(23)14-6-13(22(24)25)17(27-14)28-15-11(18)7-20-8-12(15)19;1-4-5-6(2)3;2*1-2/h2-8H,1H3,(H,21,23);4-5H,2H2,1,3H3;2*1-2H3/b;5-4-;;. The largest absolute Gasteiger partial charge is 0.321 e. The van der Waals surface area contributed by atoms with Crippen LogP contribution in [0.25, 0.3) is 0 Å². The predicted molar refractivity (Wildman–Crippen MR) is 168 cm³/mol. The number of benzene rings is 1. The van der Waals surface area contributed by atoms with E-state index in [0.29, 0.717) is 14.8 Å². The Balaban J connectivity index is 0.00000119. The van der Waals surface area contributed by atoms with Gasteiger partial charge in [0, 0.05) is 29.0 Å². The number of carbonyl (C=O) groups is 1. The molecule has 1 aromatic carbocycles. The van der Waals surface area contributed by atoms with Crippen LogP contribution in [-0.2, 0) is 0 Å². The second-order valence-corrected chi connectivity index (χ2v) is 10.6. The lowest BCUT2D eigenvalue weighted by atomic mass is 10.3. The van der Waals surface area contributed by atoms with Crippen molar-refractivity contribution >= 4 is 75.3 Å². The van der Waals surface area contributed by atoms with Crippen LogP contribution in [-0.4, -0.2) is 22.1 Å². The van der Waals surface area contributed by atoms with Gasteiger partial charge in [-0.15, -0.1) is 23.1 Å². The number of pyridine rings is 1. The summed E-state index contributed by atoms with van der Waals surface area (Å²) in [5.74, 6) is -0.426. The van der Waals surface area contributed by atoms with Gasteiger partial charge in [0.25, 0.3) is 11.6 Å². The third kappa shape index (κ3) is 12.0. The lowest BCUT2D eigenvalue weighted by Crippen LogP contribution is -2.10. The highest BCUT2D eigenvalue weighted by Gasteiger charge is 2.25. The molecular weight excluding hydrogens is 581 g/mol. The maximum absolute atomic E-state index is 12.6. The number of carbonyl (C=O) groups excluding carboxylic acids is 1. The Hall–Kier alpha value is -2.30.